The van der Waals surface area contributed by atoms with E-state index in [0.717, 1.165) is 0 Å². The number of ketones is 1. The molecule has 0 amide bonds. The molecule has 0 spiro atoms. The van der Waals surface area contributed by atoms with Gasteiger partial charge in [0.25, 0.3) is 0 Å². The first kappa shape index (κ1) is 16.0. The van der Waals surface area contributed by atoms with Crippen molar-refractivity contribution in [3.05, 3.63) is 11.8 Å². The normalized spacial score (nSPS) is 12.6. The molecule has 74 valence electrons. The predicted molar refractivity (Wildman–Crippen MR) is 50.0 cm³/mol. The van der Waals surface area contributed by atoms with Gasteiger partial charge in [0.2, 0.25) is 0 Å². The van der Waals surface area contributed by atoms with Crippen molar-refractivity contribution in [3.8, 4) is 0 Å². The topological polar surface area (TPSA) is 37.3 Å². The maximum Gasteiger partial charge on any atom is 0.164 e. The van der Waals surface area contributed by atoms with Crippen LogP contribution in [0.15, 0.2) is 11.8 Å². The van der Waals surface area contributed by atoms with Gasteiger partial charge >= 0.3 is 0 Å². The maximum absolute atomic E-state index is 11.3. The van der Waals surface area contributed by atoms with E-state index in [1.54, 1.807) is 0 Å². The smallest absolute Gasteiger partial charge is 0.164 e. The first-order chi connectivity index (χ1) is 5.25. The van der Waals surface area contributed by atoms with E-state index in [0.29, 0.717) is 0 Å². The van der Waals surface area contributed by atoms with Crippen molar-refractivity contribution in [2.45, 2.75) is 34.6 Å². The number of hydrogen-bond acceptors (Lipinski definition) is 2. The van der Waals surface area contributed by atoms with Crippen LogP contribution in [0.25, 0.3) is 0 Å². The Balaban J connectivity index is 0. The zero-order chi connectivity index (χ0) is 9.94. The van der Waals surface area contributed by atoms with Gasteiger partial charge in [0, 0.05) is 59.2 Å². The largest absolute Gasteiger partial charge is 0.512 e. The summed E-state index contributed by atoms with van der Waals surface area (Å²) >= 11 is 0. The molecule has 0 saturated heterocycles. The minimum atomic E-state index is -0.400. The number of rotatable bonds is 2. The average molecular weight is 310 g/mol. The Hall–Kier alpha value is 0.587. The second-order valence-corrected chi connectivity index (χ2v) is 4.34. The van der Waals surface area contributed by atoms with E-state index in [9.17, 15) is 9.90 Å². The summed E-state index contributed by atoms with van der Waals surface area (Å²) in [6.45, 7) is 9.20. The zero-order valence-electron chi connectivity index (χ0n) is 9.01. The Kier molecular flexibility index (Phi) is 7.57. The molecule has 2 nitrogen and oxygen atoms in total. The first-order valence-corrected chi connectivity index (χ1v) is 4.20. The van der Waals surface area contributed by atoms with Crippen LogP contribution in [0, 0.1) is 53.1 Å². The molecule has 0 aliphatic rings. The molecule has 0 fully saturated rings. The summed E-state index contributed by atoms with van der Waals surface area (Å²) in [5.41, 5.74) is -0.400. The van der Waals surface area contributed by atoms with Gasteiger partial charge in [-0.25, -0.2) is 0 Å². The fourth-order valence-electron chi connectivity index (χ4n) is 0.517. The van der Waals surface area contributed by atoms with Crippen molar-refractivity contribution >= 4 is 5.78 Å². The molecular formula is C10H18CeO2. The molecule has 0 aromatic rings. The summed E-state index contributed by atoms with van der Waals surface area (Å²) in [7, 11) is 0. The molecular weight excluding hydrogens is 292 g/mol. The minimum Gasteiger partial charge on any atom is -0.512 e. The number of carbonyl (C=O) groups is 1. The molecule has 0 bridgehead atoms. The first-order valence-electron chi connectivity index (χ1n) is 4.20. The van der Waals surface area contributed by atoms with Crippen molar-refractivity contribution in [2.75, 3.05) is 0 Å². The van der Waals surface area contributed by atoms with Crippen molar-refractivity contribution in [3.63, 3.8) is 0 Å². The van der Waals surface area contributed by atoms with Gasteiger partial charge in [-0.05, 0) is 0 Å². The van der Waals surface area contributed by atoms with Gasteiger partial charge in [-0.3, -0.25) is 4.79 Å². The number of aliphatic hydroxyl groups excluding tert-OH is 1. The number of hydrogen-bond donors (Lipinski definition) is 1. The molecule has 1 N–H and O–H groups in total. The van der Waals surface area contributed by atoms with Crippen molar-refractivity contribution in [1.82, 2.24) is 0 Å². The molecule has 0 rings (SSSR count). The van der Waals surface area contributed by atoms with Gasteiger partial charge < -0.3 is 5.11 Å². The molecule has 0 heterocycles. The third-order valence-electron chi connectivity index (χ3n) is 1.61. The molecule has 0 aromatic heterocycles. The van der Waals surface area contributed by atoms with Gasteiger partial charge in [0.05, 0.1) is 5.76 Å². The van der Waals surface area contributed by atoms with Crippen LogP contribution in [0.3, 0.4) is 0 Å². The summed E-state index contributed by atoms with van der Waals surface area (Å²) in [4.78, 5) is 11.3. The molecule has 0 aliphatic heterocycles. The Labute approximate surface area is 114 Å². The van der Waals surface area contributed by atoms with Crippen molar-refractivity contribution in [2.24, 2.45) is 11.3 Å². The fraction of sp³-hybridized carbons (Fsp3) is 0.700. The third kappa shape index (κ3) is 6.63. The van der Waals surface area contributed by atoms with E-state index in [1.165, 1.54) is 6.08 Å². The monoisotopic (exact) mass is 310 g/mol. The second-order valence-electron chi connectivity index (χ2n) is 4.34. The summed E-state index contributed by atoms with van der Waals surface area (Å²) in [5, 5.41) is 9.30. The summed E-state index contributed by atoms with van der Waals surface area (Å²) in [6, 6.07) is 0. The maximum atomic E-state index is 11.3. The number of allylic oxidation sites excluding steroid dienone is 2. The average Bonchev–Trinajstić information content (AvgIpc) is 1.85. The van der Waals surface area contributed by atoms with Gasteiger partial charge in [0.15, 0.2) is 5.78 Å². The van der Waals surface area contributed by atoms with Gasteiger partial charge in [-0.15, -0.1) is 0 Å². The van der Waals surface area contributed by atoms with Crippen molar-refractivity contribution in [1.29, 1.82) is 0 Å². The number of carbonyl (C=O) groups excluding carboxylic acids is 1. The SMILES string of the molecule is CC(C)/C(O)=C/C(=O)C(C)(C)C.[Ce]. The molecule has 3 heteroatoms. The second kappa shape index (κ2) is 6.14. The Bertz CT molecular complexity index is 199. The summed E-state index contributed by atoms with van der Waals surface area (Å²) in [5.74, 6) is 0.153. The van der Waals surface area contributed by atoms with Crippen LogP contribution in [0.4, 0.5) is 0 Å². The molecule has 0 aromatic carbocycles. The van der Waals surface area contributed by atoms with E-state index in [1.807, 2.05) is 34.6 Å². The van der Waals surface area contributed by atoms with Crippen LogP contribution in [-0.4, -0.2) is 10.9 Å². The Morgan fingerprint density at radius 1 is 1.31 bits per heavy atom. The quantitative estimate of drug-likeness (QED) is 0.629. The molecule has 0 unspecified atom stereocenters. The molecule has 13 heavy (non-hydrogen) atoms. The fourth-order valence-corrected chi connectivity index (χ4v) is 0.517. The van der Waals surface area contributed by atoms with Crippen LogP contribution >= 0.6 is 0 Å². The molecule has 0 saturated carbocycles. The molecule has 0 aliphatic carbocycles. The van der Waals surface area contributed by atoms with Gasteiger partial charge in [-0.2, -0.15) is 0 Å². The van der Waals surface area contributed by atoms with E-state index in [2.05, 4.69) is 0 Å². The Morgan fingerprint density at radius 2 is 1.69 bits per heavy atom. The van der Waals surface area contributed by atoms with E-state index in [4.69, 9.17) is 0 Å². The van der Waals surface area contributed by atoms with E-state index >= 15 is 0 Å². The standard InChI is InChI=1S/C10H18O2.Ce/c1-7(2)8(11)6-9(12)10(3,4)5;/h6-7,11H,1-5H3;/b8-6-;. The van der Waals surface area contributed by atoms with Gasteiger partial charge in [-0.1, -0.05) is 34.6 Å². The number of aliphatic hydroxyl groups is 1. The van der Waals surface area contributed by atoms with Gasteiger partial charge in [0.1, 0.15) is 0 Å². The minimum absolute atomic E-state index is 0. The van der Waals surface area contributed by atoms with Crippen LogP contribution in [0.1, 0.15) is 34.6 Å². The van der Waals surface area contributed by atoms with Crippen molar-refractivity contribution < 1.29 is 51.6 Å². The van der Waals surface area contributed by atoms with Crippen LogP contribution < -0.4 is 0 Å². The summed E-state index contributed by atoms with van der Waals surface area (Å²) in [6.07, 6.45) is 1.32. The van der Waals surface area contributed by atoms with E-state index < -0.39 is 5.41 Å². The van der Waals surface area contributed by atoms with Crippen LogP contribution in [0.5, 0.6) is 0 Å². The Morgan fingerprint density at radius 3 is 1.92 bits per heavy atom. The van der Waals surface area contributed by atoms with Crippen LogP contribution in [0.2, 0.25) is 0 Å². The third-order valence-corrected chi connectivity index (χ3v) is 1.61. The predicted octanol–water partition coefficient (Wildman–Crippen LogP) is 2.70. The summed E-state index contributed by atoms with van der Waals surface area (Å²) < 4.78 is 0. The zero-order valence-corrected chi connectivity index (χ0v) is 12.2. The molecule has 0 radical (unpaired) electrons. The van der Waals surface area contributed by atoms with E-state index in [-0.39, 0.29) is 59.2 Å². The van der Waals surface area contributed by atoms with Crippen LogP contribution in [-0.2, 0) is 4.79 Å². The molecule has 0 atom stereocenters.